The van der Waals surface area contributed by atoms with Crippen molar-refractivity contribution in [3.8, 4) is 0 Å². The topological polar surface area (TPSA) is 145 Å². The molecule has 8 N–H and O–H groups in total. The quantitative estimate of drug-likeness (QED) is 0.484. The van der Waals surface area contributed by atoms with Crippen molar-refractivity contribution in [2.24, 2.45) is 0 Å². The molecule has 0 aromatic heterocycles. The standard InChI is InChI=1S/C9H16O4.C6H12.2H3N/c10-8(11)6-4-2-1-3-5-7-9(12)13;1-2-4-6-5-3-1;;/h1-7H2,(H,10,11)(H,12,13);1-6H2;2*1H3. The third kappa shape index (κ3) is 24.3. The van der Waals surface area contributed by atoms with Crippen LogP contribution in [0.4, 0.5) is 0 Å². The number of carboxylic acid groups (broad SMARTS) is 2. The highest BCUT2D eigenvalue weighted by Crippen LogP contribution is 2.15. The van der Waals surface area contributed by atoms with Gasteiger partial charge in [-0.3, -0.25) is 9.59 Å². The lowest BCUT2D eigenvalue weighted by molar-refractivity contribution is -0.138. The van der Waals surface area contributed by atoms with Gasteiger partial charge in [-0.25, -0.2) is 0 Å². The van der Waals surface area contributed by atoms with Crippen molar-refractivity contribution in [1.29, 1.82) is 0 Å². The van der Waals surface area contributed by atoms with Crippen molar-refractivity contribution in [3.63, 3.8) is 0 Å². The summed E-state index contributed by atoms with van der Waals surface area (Å²) in [7, 11) is 0. The molecule has 1 aliphatic carbocycles. The molecule has 128 valence electrons. The first-order valence-corrected chi connectivity index (χ1v) is 7.56. The molecule has 0 aromatic carbocycles. The molecule has 0 heterocycles. The van der Waals surface area contributed by atoms with E-state index in [-0.39, 0.29) is 25.1 Å². The molecule has 6 nitrogen and oxygen atoms in total. The number of unbranched alkanes of at least 4 members (excludes halogenated alkanes) is 4. The molecule has 0 unspecified atom stereocenters. The Bertz CT molecular complexity index is 214. The average Bonchev–Trinajstić information content (AvgIpc) is 2.40. The van der Waals surface area contributed by atoms with Gasteiger partial charge in [0, 0.05) is 12.8 Å². The normalized spacial score (nSPS) is 13.0. The van der Waals surface area contributed by atoms with Crippen LogP contribution in [-0.4, -0.2) is 22.2 Å². The molecular weight excluding hydrogens is 272 g/mol. The van der Waals surface area contributed by atoms with Gasteiger partial charge in [-0.05, 0) is 12.8 Å². The van der Waals surface area contributed by atoms with Gasteiger partial charge in [0.15, 0.2) is 0 Å². The van der Waals surface area contributed by atoms with Crippen molar-refractivity contribution in [1.82, 2.24) is 12.3 Å². The van der Waals surface area contributed by atoms with Crippen LogP contribution in [0.1, 0.15) is 83.5 Å². The van der Waals surface area contributed by atoms with E-state index in [4.69, 9.17) is 10.2 Å². The smallest absolute Gasteiger partial charge is 0.303 e. The number of carbonyl (C=O) groups is 2. The van der Waals surface area contributed by atoms with Crippen LogP contribution in [0.25, 0.3) is 0 Å². The molecule has 1 aliphatic rings. The first kappa shape index (κ1) is 24.9. The highest BCUT2D eigenvalue weighted by Gasteiger charge is 1.98. The molecule has 0 atom stereocenters. The Balaban J connectivity index is -0.000000342. The van der Waals surface area contributed by atoms with E-state index in [1.54, 1.807) is 0 Å². The molecule has 1 fully saturated rings. The molecule has 6 heteroatoms. The number of aliphatic carboxylic acids is 2. The summed E-state index contributed by atoms with van der Waals surface area (Å²) in [6.07, 6.45) is 13.5. The van der Waals surface area contributed by atoms with Gasteiger partial charge in [-0.1, -0.05) is 57.8 Å². The Morgan fingerprint density at radius 3 is 1.05 bits per heavy atom. The zero-order valence-corrected chi connectivity index (χ0v) is 13.3. The van der Waals surface area contributed by atoms with Gasteiger partial charge in [0.2, 0.25) is 0 Å². The van der Waals surface area contributed by atoms with Gasteiger partial charge in [0.1, 0.15) is 0 Å². The molecule has 0 aromatic rings. The molecule has 1 saturated carbocycles. The molecule has 21 heavy (non-hydrogen) atoms. The monoisotopic (exact) mass is 306 g/mol. The zero-order valence-electron chi connectivity index (χ0n) is 13.3. The number of rotatable bonds is 8. The van der Waals surface area contributed by atoms with Gasteiger partial charge >= 0.3 is 11.9 Å². The largest absolute Gasteiger partial charge is 0.481 e. The minimum Gasteiger partial charge on any atom is -0.481 e. The molecule has 0 saturated heterocycles. The van der Waals surface area contributed by atoms with E-state index in [0.717, 1.165) is 19.3 Å². The van der Waals surface area contributed by atoms with Gasteiger partial charge in [0.25, 0.3) is 0 Å². The van der Waals surface area contributed by atoms with Crippen LogP contribution < -0.4 is 12.3 Å². The fourth-order valence-electron chi connectivity index (χ4n) is 2.14. The summed E-state index contributed by atoms with van der Waals surface area (Å²) < 4.78 is 0. The van der Waals surface area contributed by atoms with Crippen LogP contribution in [-0.2, 0) is 9.59 Å². The van der Waals surface area contributed by atoms with Gasteiger partial charge in [-0.2, -0.15) is 0 Å². The second kappa shape index (κ2) is 18.9. The number of hydrogen-bond donors (Lipinski definition) is 4. The summed E-state index contributed by atoms with van der Waals surface area (Å²) in [6.45, 7) is 0. The third-order valence-corrected chi connectivity index (χ3v) is 3.28. The molecule has 0 bridgehead atoms. The first-order valence-electron chi connectivity index (χ1n) is 7.56. The zero-order chi connectivity index (χ0) is 14.3. The van der Waals surface area contributed by atoms with E-state index in [9.17, 15) is 9.59 Å². The summed E-state index contributed by atoms with van der Waals surface area (Å²) in [5, 5.41) is 16.6. The third-order valence-electron chi connectivity index (χ3n) is 3.28. The Kier molecular flexibility index (Phi) is 22.3. The lowest BCUT2D eigenvalue weighted by atomic mass is 10.0. The predicted octanol–water partition coefficient (Wildman–Crippen LogP) is 4.55. The summed E-state index contributed by atoms with van der Waals surface area (Å²) in [6, 6.07) is 0. The SMILES string of the molecule is C1CCCCC1.N.N.O=C(O)CCCCCCCC(=O)O. The predicted molar refractivity (Wildman–Crippen MR) is 85.3 cm³/mol. The summed E-state index contributed by atoms with van der Waals surface area (Å²) in [4.78, 5) is 20.2. The minimum atomic E-state index is -0.759. The van der Waals surface area contributed by atoms with E-state index in [0.29, 0.717) is 12.8 Å². The lowest BCUT2D eigenvalue weighted by Crippen LogP contribution is -1.95. The van der Waals surface area contributed by atoms with Crippen LogP contribution in [0.3, 0.4) is 0 Å². The van der Waals surface area contributed by atoms with E-state index < -0.39 is 11.9 Å². The Morgan fingerprint density at radius 1 is 0.571 bits per heavy atom. The molecule has 1 rings (SSSR count). The maximum atomic E-state index is 10.1. The molecular formula is C15H34N2O4. The second-order valence-electron chi connectivity index (χ2n) is 5.18. The Hall–Kier alpha value is -1.14. The van der Waals surface area contributed by atoms with Crippen molar-refractivity contribution in [2.45, 2.75) is 83.5 Å². The summed E-state index contributed by atoms with van der Waals surface area (Å²) in [5.41, 5.74) is 0. The first-order chi connectivity index (χ1) is 9.13. The maximum absolute atomic E-state index is 10.1. The van der Waals surface area contributed by atoms with Crippen molar-refractivity contribution in [2.75, 3.05) is 0 Å². The van der Waals surface area contributed by atoms with Crippen molar-refractivity contribution >= 4 is 11.9 Å². The molecule has 0 spiro atoms. The van der Waals surface area contributed by atoms with Crippen LogP contribution in [0.15, 0.2) is 0 Å². The average molecular weight is 306 g/mol. The van der Waals surface area contributed by atoms with Crippen molar-refractivity contribution < 1.29 is 19.8 Å². The lowest BCUT2D eigenvalue weighted by Gasteiger charge is -2.05. The highest BCUT2D eigenvalue weighted by atomic mass is 16.4. The highest BCUT2D eigenvalue weighted by molar-refractivity contribution is 5.66. The fourth-order valence-corrected chi connectivity index (χ4v) is 2.14. The van der Waals surface area contributed by atoms with Crippen molar-refractivity contribution in [3.05, 3.63) is 0 Å². The van der Waals surface area contributed by atoms with Crippen LogP contribution >= 0.6 is 0 Å². The molecule has 0 radical (unpaired) electrons. The maximum Gasteiger partial charge on any atom is 0.303 e. The Morgan fingerprint density at radius 2 is 0.810 bits per heavy atom. The number of carboxylic acids is 2. The summed E-state index contributed by atoms with van der Waals surface area (Å²) >= 11 is 0. The van der Waals surface area contributed by atoms with Gasteiger partial charge in [-0.15, -0.1) is 0 Å². The van der Waals surface area contributed by atoms with E-state index in [1.807, 2.05) is 0 Å². The van der Waals surface area contributed by atoms with E-state index >= 15 is 0 Å². The molecule has 0 aliphatic heterocycles. The van der Waals surface area contributed by atoms with Crippen LogP contribution in [0.2, 0.25) is 0 Å². The second-order valence-corrected chi connectivity index (χ2v) is 5.18. The van der Waals surface area contributed by atoms with Crippen LogP contribution in [0.5, 0.6) is 0 Å². The molecule has 0 amide bonds. The minimum absolute atomic E-state index is 0. The van der Waals surface area contributed by atoms with E-state index in [2.05, 4.69) is 0 Å². The number of hydrogen-bond acceptors (Lipinski definition) is 4. The fraction of sp³-hybridized carbons (Fsp3) is 0.867. The van der Waals surface area contributed by atoms with Gasteiger partial charge in [0.05, 0.1) is 0 Å². The Labute approximate surface area is 128 Å². The summed E-state index contributed by atoms with van der Waals surface area (Å²) in [5.74, 6) is -1.52. The van der Waals surface area contributed by atoms with Crippen LogP contribution in [0, 0.1) is 0 Å². The van der Waals surface area contributed by atoms with Gasteiger partial charge < -0.3 is 22.5 Å². The van der Waals surface area contributed by atoms with E-state index in [1.165, 1.54) is 38.5 Å².